The Labute approximate surface area is 177 Å². The Balaban J connectivity index is 1.44. The molecule has 2 aromatic rings. The molecule has 7 nitrogen and oxygen atoms in total. The Morgan fingerprint density at radius 2 is 1.57 bits per heavy atom. The van der Waals surface area contributed by atoms with Gasteiger partial charge in [-0.15, -0.1) is 0 Å². The molecular formula is C22H27N3O4S. The maximum absolute atomic E-state index is 12.8. The average molecular weight is 430 g/mol. The van der Waals surface area contributed by atoms with Crippen LogP contribution in [0.25, 0.3) is 0 Å². The first-order valence-electron chi connectivity index (χ1n) is 10.2. The first-order valence-corrected chi connectivity index (χ1v) is 11.6. The summed E-state index contributed by atoms with van der Waals surface area (Å²) in [6.45, 7) is 0.921. The number of hydrogen-bond donors (Lipinski definition) is 2. The van der Waals surface area contributed by atoms with Gasteiger partial charge in [-0.05, 0) is 43.4 Å². The van der Waals surface area contributed by atoms with Crippen LogP contribution in [0.3, 0.4) is 0 Å². The van der Waals surface area contributed by atoms with Crippen LogP contribution in [0.5, 0.6) is 0 Å². The molecule has 0 spiro atoms. The van der Waals surface area contributed by atoms with E-state index in [1.54, 1.807) is 30.3 Å². The van der Waals surface area contributed by atoms with Crippen LogP contribution >= 0.6 is 0 Å². The van der Waals surface area contributed by atoms with Crippen molar-refractivity contribution in [1.82, 2.24) is 14.9 Å². The number of rotatable bonds is 8. The average Bonchev–Trinajstić information content (AvgIpc) is 3.26. The number of aryl methyl sites for hydroxylation is 1. The minimum Gasteiger partial charge on any atom is -0.348 e. The summed E-state index contributed by atoms with van der Waals surface area (Å²) in [5.74, 6) is -1.43. The summed E-state index contributed by atoms with van der Waals surface area (Å²) >= 11 is 0. The molecule has 2 amide bonds. The quantitative estimate of drug-likeness (QED) is 0.493. The van der Waals surface area contributed by atoms with E-state index >= 15 is 0 Å². The van der Waals surface area contributed by atoms with E-state index in [9.17, 15) is 18.0 Å². The summed E-state index contributed by atoms with van der Waals surface area (Å²) in [4.78, 5) is 24.3. The van der Waals surface area contributed by atoms with Crippen LogP contribution in [0.4, 0.5) is 0 Å². The lowest BCUT2D eigenvalue weighted by atomic mass is 10.1. The Bertz CT molecular complexity index is 949. The molecule has 30 heavy (non-hydrogen) atoms. The normalized spacial score (nSPS) is 16.9. The van der Waals surface area contributed by atoms with Gasteiger partial charge in [-0.25, -0.2) is 8.42 Å². The van der Waals surface area contributed by atoms with Gasteiger partial charge in [0.25, 0.3) is 0 Å². The Kier molecular flexibility index (Phi) is 7.59. The zero-order chi connectivity index (χ0) is 21.4. The largest absolute Gasteiger partial charge is 0.348 e. The van der Waals surface area contributed by atoms with Gasteiger partial charge in [0.2, 0.25) is 10.0 Å². The highest BCUT2D eigenvalue weighted by atomic mass is 32.2. The third-order valence-corrected chi connectivity index (χ3v) is 7.11. The molecule has 2 aromatic carbocycles. The molecule has 8 heteroatoms. The number of hydrogen-bond acceptors (Lipinski definition) is 4. The molecule has 0 bridgehead atoms. The topological polar surface area (TPSA) is 95.6 Å². The first kappa shape index (κ1) is 22.0. The van der Waals surface area contributed by atoms with Gasteiger partial charge in [-0.1, -0.05) is 48.5 Å². The van der Waals surface area contributed by atoms with Crippen molar-refractivity contribution in [2.24, 2.45) is 0 Å². The monoisotopic (exact) mass is 429 g/mol. The molecule has 1 fully saturated rings. The van der Waals surface area contributed by atoms with E-state index in [0.29, 0.717) is 19.5 Å². The molecule has 0 radical (unpaired) electrons. The zero-order valence-corrected chi connectivity index (χ0v) is 17.6. The lowest BCUT2D eigenvalue weighted by Crippen LogP contribution is -2.47. The van der Waals surface area contributed by atoms with Crippen LogP contribution in [0, 0.1) is 0 Å². The molecule has 1 aliphatic rings. The molecule has 1 aliphatic heterocycles. The molecule has 0 saturated carbocycles. The van der Waals surface area contributed by atoms with Gasteiger partial charge in [0.05, 0.1) is 4.90 Å². The molecular weight excluding hydrogens is 402 g/mol. The highest BCUT2D eigenvalue weighted by Crippen LogP contribution is 2.25. The molecule has 160 valence electrons. The number of amides is 2. The standard InChI is InChI=1S/C22H27N3O4S/c26-21(23-15-7-11-18-9-3-1-4-10-18)22(27)24-17-19-12-8-16-25(19)30(28,29)20-13-5-2-6-14-20/h1-6,9-10,13-14,19H,7-8,11-12,15-17H2,(H,23,26)(H,24,27). The number of carbonyl (C=O) groups excluding carboxylic acids is 2. The summed E-state index contributed by atoms with van der Waals surface area (Å²) in [7, 11) is -3.62. The summed E-state index contributed by atoms with van der Waals surface area (Å²) < 4.78 is 27.1. The predicted octanol–water partition coefficient (Wildman–Crippen LogP) is 1.70. The van der Waals surface area contributed by atoms with Crippen LogP contribution < -0.4 is 10.6 Å². The van der Waals surface area contributed by atoms with Crippen molar-refractivity contribution in [3.8, 4) is 0 Å². The molecule has 1 heterocycles. The molecule has 2 N–H and O–H groups in total. The van der Waals surface area contributed by atoms with E-state index in [0.717, 1.165) is 19.3 Å². The Morgan fingerprint density at radius 1 is 0.933 bits per heavy atom. The second kappa shape index (κ2) is 10.4. The summed E-state index contributed by atoms with van der Waals surface area (Å²) in [6, 6.07) is 17.8. The Morgan fingerprint density at radius 3 is 2.27 bits per heavy atom. The number of nitrogens with zero attached hydrogens (tertiary/aromatic N) is 1. The Hall–Kier alpha value is -2.71. The van der Waals surface area contributed by atoms with E-state index in [2.05, 4.69) is 10.6 Å². The van der Waals surface area contributed by atoms with Crippen molar-refractivity contribution in [3.05, 3.63) is 66.2 Å². The molecule has 1 unspecified atom stereocenters. The smallest absolute Gasteiger partial charge is 0.309 e. The lowest BCUT2D eigenvalue weighted by Gasteiger charge is -2.24. The van der Waals surface area contributed by atoms with Crippen molar-refractivity contribution in [1.29, 1.82) is 0 Å². The van der Waals surface area contributed by atoms with Gasteiger partial charge in [-0.3, -0.25) is 9.59 Å². The van der Waals surface area contributed by atoms with E-state index in [-0.39, 0.29) is 17.5 Å². The summed E-state index contributed by atoms with van der Waals surface area (Å²) in [5, 5.41) is 5.19. The second-order valence-electron chi connectivity index (χ2n) is 7.28. The zero-order valence-electron chi connectivity index (χ0n) is 16.8. The van der Waals surface area contributed by atoms with Crippen molar-refractivity contribution >= 4 is 21.8 Å². The third-order valence-electron chi connectivity index (χ3n) is 5.15. The van der Waals surface area contributed by atoms with Crippen LogP contribution in [-0.2, 0) is 26.0 Å². The lowest BCUT2D eigenvalue weighted by molar-refractivity contribution is -0.139. The minimum atomic E-state index is -3.62. The van der Waals surface area contributed by atoms with Gasteiger partial charge in [0.1, 0.15) is 0 Å². The fraction of sp³-hybridized carbons (Fsp3) is 0.364. The maximum atomic E-state index is 12.8. The van der Waals surface area contributed by atoms with E-state index in [1.807, 2.05) is 30.3 Å². The summed E-state index contributed by atoms with van der Waals surface area (Å²) in [5.41, 5.74) is 1.18. The van der Waals surface area contributed by atoms with Gasteiger partial charge < -0.3 is 10.6 Å². The van der Waals surface area contributed by atoms with Crippen LogP contribution in [0.15, 0.2) is 65.6 Å². The number of carbonyl (C=O) groups is 2. The van der Waals surface area contributed by atoms with Crippen LogP contribution in [0.2, 0.25) is 0 Å². The molecule has 0 aromatic heterocycles. The number of nitrogens with one attached hydrogen (secondary N) is 2. The van der Waals surface area contributed by atoms with Gasteiger partial charge >= 0.3 is 11.8 Å². The highest BCUT2D eigenvalue weighted by molar-refractivity contribution is 7.89. The van der Waals surface area contributed by atoms with Crippen molar-refractivity contribution in [3.63, 3.8) is 0 Å². The SMILES string of the molecule is O=C(NCCCc1ccccc1)C(=O)NCC1CCCN1S(=O)(=O)c1ccccc1. The first-order chi connectivity index (χ1) is 14.5. The van der Waals surface area contributed by atoms with Crippen molar-refractivity contribution in [2.75, 3.05) is 19.6 Å². The maximum Gasteiger partial charge on any atom is 0.309 e. The van der Waals surface area contributed by atoms with Crippen molar-refractivity contribution < 1.29 is 18.0 Å². The fourth-order valence-corrected chi connectivity index (χ4v) is 5.28. The van der Waals surface area contributed by atoms with E-state index in [4.69, 9.17) is 0 Å². The molecule has 0 aliphatic carbocycles. The van der Waals surface area contributed by atoms with Crippen molar-refractivity contribution in [2.45, 2.75) is 36.6 Å². The van der Waals surface area contributed by atoms with Crippen LogP contribution in [-0.4, -0.2) is 50.2 Å². The van der Waals surface area contributed by atoms with Crippen LogP contribution in [0.1, 0.15) is 24.8 Å². The second-order valence-corrected chi connectivity index (χ2v) is 9.17. The van der Waals surface area contributed by atoms with Gasteiger partial charge in [-0.2, -0.15) is 4.31 Å². The third kappa shape index (κ3) is 5.67. The van der Waals surface area contributed by atoms with E-state index in [1.165, 1.54) is 9.87 Å². The number of sulfonamides is 1. The van der Waals surface area contributed by atoms with Gasteiger partial charge in [0, 0.05) is 25.7 Å². The molecule has 1 saturated heterocycles. The highest BCUT2D eigenvalue weighted by Gasteiger charge is 2.35. The van der Waals surface area contributed by atoms with Gasteiger partial charge in [0.15, 0.2) is 0 Å². The predicted molar refractivity (Wildman–Crippen MR) is 114 cm³/mol. The molecule has 3 rings (SSSR count). The number of benzene rings is 2. The minimum absolute atomic E-state index is 0.113. The molecule has 1 atom stereocenters. The summed E-state index contributed by atoms with van der Waals surface area (Å²) in [6.07, 6.45) is 2.91. The fourth-order valence-electron chi connectivity index (χ4n) is 3.57. The van der Waals surface area contributed by atoms with E-state index < -0.39 is 21.8 Å².